The first-order valence-corrected chi connectivity index (χ1v) is 5.40. The van der Waals surface area contributed by atoms with Crippen LogP contribution in [0.3, 0.4) is 0 Å². The van der Waals surface area contributed by atoms with Crippen molar-refractivity contribution in [1.29, 1.82) is 0 Å². The molecule has 0 aromatic carbocycles. The molecule has 0 bridgehead atoms. The van der Waals surface area contributed by atoms with Gasteiger partial charge in [0.05, 0.1) is 11.2 Å². The fourth-order valence-electron chi connectivity index (χ4n) is 1.94. The van der Waals surface area contributed by atoms with Crippen LogP contribution >= 0.6 is 11.3 Å². The quantitative estimate of drug-likeness (QED) is 0.756. The van der Waals surface area contributed by atoms with Gasteiger partial charge in [-0.1, -0.05) is 0 Å². The molecule has 1 aliphatic carbocycles. The Morgan fingerprint density at radius 3 is 3.08 bits per heavy atom. The lowest BCUT2D eigenvalue weighted by Crippen LogP contribution is -2.21. The minimum Gasteiger partial charge on any atom is -0.317 e. The highest BCUT2D eigenvalue weighted by atomic mass is 32.1. The molecule has 1 aliphatic rings. The van der Waals surface area contributed by atoms with Crippen LogP contribution in [0, 0.1) is 0 Å². The number of nitrogens with zero attached hydrogens (tertiary/aromatic N) is 1. The maximum Gasteiger partial charge on any atom is 0.0794 e. The fourth-order valence-corrected chi connectivity index (χ4v) is 2.57. The van der Waals surface area contributed by atoms with Gasteiger partial charge in [-0.25, -0.2) is 4.98 Å². The molecule has 1 aromatic rings. The van der Waals surface area contributed by atoms with Gasteiger partial charge in [-0.05, 0) is 26.3 Å². The fraction of sp³-hybridized carbons (Fsp3) is 0.667. The minimum atomic E-state index is 0.716. The first-order valence-electron chi connectivity index (χ1n) is 4.45. The summed E-state index contributed by atoms with van der Waals surface area (Å²) in [6.45, 7) is 0. The van der Waals surface area contributed by atoms with E-state index in [-0.39, 0.29) is 0 Å². The molecule has 1 fully saturated rings. The Balaban J connectivity index is 2.00. The molecule has 2 rings (SSSR count). The molecule has 2 unspecified atom stereocenters. The number of hydrogen-bond acceptors (Lipinski definition) is 3. The van der Waals surface area contributed by atoms with Crippen molar-refractivity contribution in [2.75, 3.05) is 7.05 Å². The van der Waals surface area contributed by atoms with Gasteiger partial charge in [0.15, 0.2) is 0 Å². The Hall–Kier alpha value is -0.410. The Morgan fingerprint density at radius 1 is 1.58 bits per heavy atom. The van der Waals surface area contributed by atoms with Crippen molar-refractivity contribution in [3.05, 3.63) is 16.6 Å². The maximum absolute atomic E-state index is 4.36. The third-order valence-corrected chi connectivity index (χ3v) is 3.32. The van der Waals surface area contributed by atoms with Gasteiger partial charge in [0.25, 0.3) is 0 Å². The Bertz CT molecular complexity index is 233. The van der Waals surface area contributed by atoms with Gasteiger partial charge in [-0.3, -0.25) is 0 Å². The van der Waals surface area contributed by atoms with Crippen LogP contribution in [-0.4, -0.2) is 18.1 Å². The first-order chi connectivity index (χ1) is 5.90. The Morgan fingerprint density at radius 2 is 2.50 bits per heavy atom. The molecule has 3 heteroatoms. The number of hydrogen-bond donors (Lipinski definition) is 1. The van der Waals surface area contributed by atoms with Gasteiger partial charge in [-0.15, -0.1) is 11.3 Å². The van der Waals surface area contributed by atoms with E-state index in [0.29, 0.717) is 5.92 Å². The Labute approximate surface area is 77.0 Å². The summed E-state index contributed by atoms with van der Waals surface area (Å²) in [6.07, 6.45) is 3.87. The summed E-state index contributed by atoms with van der Waals surface area (Å²) in [4.78, 5) is 4.36. The van der Waals surface area contributed by atoms with Gasteiger partial charge in [-0.2, -0.15) is 0 Å². The highest BCUT2D eigenvalue weighted by molar-refractivity contribution is 7.07. The molecule has 1 N–H and O–H groups in total. The zero-order chi connectivity index (χ0) is 8.39. The predicted octanol–water partition coefficient (Wildman–Crippen LogP) is 2.00. The lowest BCUT2D eigenvalue weighted by Gasteiger charge is -2.07. The lowest BCUT2D eigenvalue weighted by atomic mass is 10.1. The normalized spacial score (nSPS) is 29.4. The van der Waals surface area contributed by atoms with Gasteiger partial charge < -0.3 is 5.32 Å². The highest BCUT2D eigenvalue weighted by Gasteiger charge is 2.25. The summed E-state index contributed by atoms with van der Waals surface area (Å²) in [5.74, 6) is 0.716. The van der Waals surface area contributed by atoms with Crippen LogP contribution in [0.2, 0.25) is 0 Å². The number of thiazole rings is 1. The molecule has 0 aliphatic heterocycles. The van der Waals surface area contributed by atoms with E-state index in [1.807, 2.05) is 12.6 Å². The highest BCUT2D eigenvalue weighted by Crippen LogP contribution is 2.33. The second-order valence-corrected chi connectivity index (χ2v) is 4.13. The van der Waals surface area contributed by atoms with Gasteiger partial charge in [0, 0.05) is 17.3 Å². The average Bonchev–Trinajstić information content (AvgIpc) is 2.75. The number of nitrogens with one attached hydrogen (secondary N) is 1. The minimum absolute atomic E-state index is 0.716. The van der Waals surface area contributed by atoms with Gasteiger partial charge in [0.2, 0.25) is 0 Å². The molecule has 66 valence electrons. The lowest BCUT2D eigenvalue weighted by molar-refractivity contribution is 0.570. The molecule has 0 amide bonds. The van der Waals surface area contributed by atoms with Crippen LogP contribution < -0.4 is 5.32 Å². The van der Waals surface area contributed by atoms with Gasteiger partial charge in [0.1, 0.15) is 0 Å². The van der Waals surface area contributed by atoms with E-state index in [4.69, 9.17) is 0 Å². The molecule has 2 atom stereocenters. The SMILES string of the molecule is CNC1CCC(c2cscn2)C1. The van der Waals surface area contributed by atoms with E-state index in [0.717, 1.165) is 6.04 Å². The summed E-state index contributed by atoms with van der Waals surface area (Å²) in [5.41, 5.74) is 3.24. The van der Waals surface area contributed by atoms with Crippen LogP contribution in [-0.2, 0) is 0 Å². The summed E-state index contributed by atoms with van der Waals surface area (Å²) < 4.78 is 0. The maximum atomic E-state index is 4.36. The molecule has 2 nitrogen and oxygen atoms in total. The molecule has 12 heavy (non-hydrogen) atoms. The van der Waals surface area contributed by atoms with Crippen molar-refractivity contribution in [2.45, 2.75) is 31.2 Å². The van der Waals surface area contributed by atoms with Gasteiger partial charge >= 0.3 is 0 Å². The molecular formula is C9H14N2S. The van der Waals surface area contributed by atoms with Crippen LogP contribution in [0.25, 0.3) is 0 Å². The second-order valence-electron chi connectivity index (χ2n) is 3.41. The third-order valence-electron chi connectivity index (χ3n) is 2.71. The van der Waals surface area contributed by atoms with E-state index < -0.39 is 0 Å². The average molecular weight is 182 g/mol. The molecule has 1 aromatic heterocycles. The van der Waals surface area contributed by atoms with Crippen molar-refractivity contribution < 1.29 is 0 Å². The topological polar surface area (TPSA) is 24.9 Å². The zero-order valence-electron chi connectivity index (χ0n) is 7.29. The van der Waals surface area contributed by atoms with Crippen molar-refractivity contribution in [2.24, 2.45) is 0 Å². The van der Waals surface area contributed by atoms with E-state index in [2.05, 4.69) is 15.7 Å². The largest absolute Gasteiger partial charge is 0.317 e. The summed E-state index contributed by atoms with van der Waals surface area (Å²) in [5, 5.41) is 5.51. The molecular weight excluding hydrogens is 168 g/mol. The van der Waals surface area contributed by atoms with Crippen molar-refractivity contribution in [3.8, 4) is 0 Å². The third kappa shape index (κ3) is 1.52. The first kappa shape index (κ1) is 8.20. The molecule has 0 radical (unpaired) electrons. The number of rotatable bonds is 2. The van der Waals surface area contributed by atoms with Crippen molar-refractivity contribution >= 4 is 11.3 Å². The van der Waals surface area contributed by atoms with Crippen molar-refractivity contribution in [1.82, 2.24) is 10.3 Å². The standard InChI is InChI=1S/C9H14N2S/c1-10-8-3-2-7(4-8)9-5-12-6-11-9/h5-8,10H,2-4H2,1H3. The summed E-state index contributed by atoms with van der Waals surface area (Å²) >= 11 is 1.70. The van der Waals surface area contributed by atoms with E-state index in [1.165, 1.54) is 25.0 Å². The zero-order valence-corrected chi connectivity index (χ0v) is 8.10. The van der Waals surface area contributed by atoms with E-state index in [9.17, 15) is 0 Å². The monoisotopic (exact) mass is 182 g/mol. The summed E-state index contributed by atoms with van der Waals surface area (Å²) in [7, 11) is 2.05. The smallest absolute Gasteiger partial charge is 0.0794 e. The summed E-state index contributed by atoms with van der Waals surface area (Å²) in [6, 6.07) is 0.719. The molecule has 0 saturated heterocycles. The second kappa shape index (κ2) is 3.54. The van der Waals surface area contributed by atoms with E-state index in [1.54, 1.807) is 11.3 Å². The number of aromatic nitrogens is 1. The van der Waals surface area contributed by atoms with Crippen LogP contribution in [0.5, 0.6) is 0 Å². The van der Waals surface area contributed by atoms with Crippen molar-refractivity contribution in [3.63, 3.8) is 0 Å². The predicted molar refractivity (Wildman–Crippen MR) is 51.6 cm³/mol. The molecule has 1 saturated carbocycles. The molecule has 0 spiro atoms. The van der Waals surface area contributed by atoms with Crippen LogP contribution in [0.4, 0.5) is 0 Å². The van der Waals surface area contributed by atoms with E-state index >= 15 is 0 Å². The Kier molecular flexibility index (Phi) is 2.42. The van der Waals surface area contributed by atoms with Crippen LogP contribution in [0.1, 0.15) is 30.9 Å². The van der Waals surface area contributed by atoms with Crippen LogP contribution in [0.15, 0.2) is 10.9 Å². The molecule has 1 heterocycles.